The van der Waals surface area contributed by atoms with Crippen LogP contribution in [0.2, 0.25) is 5.02 Å². The molecule has 0 fully saturated rings. The Labute approximate surface area is 169 Å². The minimum absolute atomic E-state index is 0.0515. The Hall–Kier alpha value is -2.83. The normalized spacial score (nSPS) is 11.1. The SMILES string of the molecule is Cc1ccc(CC(=O)Nc2cccc(S(=O)(=O)Nc3ccc(Cl)cc3)c2)cc1. The maximum atomic E-state index is 12.6. The molecule has 0 aliphatic heterocycles. The Morgan fingerprint density at radius 2 is 1.61 bits per heavy atom. The fourth-order valence-electron chi connectivity index (χ4n) is 2.57. The number of carbonyl (C=O) groups is 1. The minimum Gasteiger partial charge on any atom is -0.326 e. The van der Waals surface area contributed by atoms with Crippen LogP contribution in [-0.2, 0) is 21.2 Å². The predicted octanol–water partition coefficient (Wildman–Crippen LogP) is 4.63. The summed E-state index contributed by atoms with van der Waals surface area (Å²) in [7, 11) is -3.79. The van der Waals surface area contributed by atoms with Gasteiger partial charge in [-0.25, -0.2) is 8.42 Å². The van der Waals surface area contributed by atoms with E-state index in [0.717, 1.165) is 11.1 Å². The summed E-state index contributed by atoms with van der Waals surface area (Å²) in [5.41, 5.74) is 2.82. The quantitative estimate of drug-likeness (QED) is 0.617. The van der Waals surface area contributed by atoms with E-state index in [2.05, 4.69) is 10.0 Å². The van der Waals surface area contributed by atoms with E-state index in [1.54, 1.807) is 36.4 Å². The number of rotatable bonds is 6. The lowest BCUT2D eigenvalue weighted by molar-refractivity contribution is -0.115. The molecule has 0 heterocycles. The highest BCUT2D eigenvalue weighted by Crippen LogP contribution is 2.21. The van der Waals surface area contributed by atoms with Gasteiger partial charge in [-0.1, -0.05) is 47.5 Å². The average Bonchev–Trinajstić information content (AvgIpc) is 2.65. The van der Waals surface area contributed by atoms with Crippen molar-refractivity contribution in [1.82, 2.24) is 0 Å². The summed E-state index contributed by atoms with van der Waals surface area (Å²) in [6.07, 6.45) is 0.209. The summed E-state index contributed by atoms with van der Waals surface area (Å²) in [5.74, 6) is -0.218. The van der Waals surface area contributed by atoms with Gasteiger partial charge in [0.2, 0.25) is 5.91 Å². The van der Waals surface area contributed by atoms with Crippen molar-refractivity contribution in [1.29, 1.82) is 0 Å². The zero-order chi connectivity index (χ0) is 20.1. The standard InChI is InChI=1S/C21H19ClN2O3S/c1-15-5-7-16(8-6-15)13-21(25)23-19-3-2-4-20(14-19)28(26,27)24-18-11-9-17(22)10-12-18/h2-12,14,24H,13H2,1H3,(H,23,25). The van der Waals surface area contributed by atoms with Crippen LogP contribution in [0.5, 0.6) is 0 Å². The van der Waals surface area contributed by atoms with Gasteiger partial charge in [0, 0.05) is 16.4 Å². The molecule has 144 valence electrons. The highest BCUT2D eigenvalue weighted by Gasteiger charge is 2.15. The van der Waals surface area contributed by atoms with Gasteiger partial charge in [-0.15, -0.1) is 0 Å². The largest absolute Gasteiger partial charge is 0.326 e. The van der Waals surface area contributed by atoms with E-state index in [4.69, 9.17) is 11.6 Å². The van der Waals surface area contributed by atoms with Gasteiger partial charge in [0.15, 0.2) is 0 Å². The van der Waals surface area contributed by atoms with Crippen LogP contribution in [0.15, 0.2) is 77.7 Å². The van der Waals surface area contributed by atoms with Gasteiger partial charge in [0.05, 0.1) is 11.3 Å². The second kappa shape index (κ2) is 8.46. The number of halogens is 1. The lowest BCUT2D eigenvalue weighted by Gasteiger charge is -2.10. The van der Waals surface area contributed by atoms with E-state index in [-0.39, 0.29) is 17.2 Å². The molecule has 0 spiro atoms. The summed E-state index contributed by atoms with van der Waals surface area (Å²) in [4.78, 5) is 12.3. The predicted molar refractivity (Wildman–Crippen MR) is 112 cm³/mol. The van der Waals surface area contributed by atoms with Gasteiger partial charge in [-0.05, 0) is 55.0 Å². The van der Waals surface area contributed by atoms with Crippen molar-refractivity contribution in [3.05, 3.63) is 88.9 Å². The molecule has 5 nitrogen and oxygen atoms in total. The number of sulfonamides is 1. The van der Waals surface area contributed by atoms with E-state index in [1.165, 1.54) is 12.1 Å². The third-order valence-electron chi connectivity index (χ3n) is 4.01. The number of hydrogen-bond acceptors (Lipinski definition) is 3. The summed E-state index contributed by atoms with van der Waals surface area (Å²) in [6.45, 7) is 1.98. The van der Waals surface area contributed by atoms with Crippen molar-refractivity contribution < 1.29 is 13.2 Å². The fraction of sp³-hybridized carbons (Fsp3) is 0.0952. The summed E-state index contributed by atoms with van der Waals surface area (Å²) >= 11 is 5.82. The molecule has 0 atom stereocenters. The van der Waals surface area contributed by atoms with E-state index >= 15 is 0 Å². The van der Waals surface area contributed by atoms with Gasteiger partial charge in [0.25, 0.3) is 10.0 Å². The number of benzene rings is 3. The van der Waals surface area contributed by atoms with Crippen molar-refractivity contribution in [2.75, 3.05) is 10.0 Å². The zero-order valence-electron chi connectivity index (χ0n) is 15.1. The molecule has 0 aromatic heterocycles. The molecule has 0 radical (unpaired) electrons. The first kappa shape index (κ1) is 19.9. The molecule has 0 saturated carbocycles. The highest BCUT2D eigenvalue weighted by atomic mass is 35.5. The lowest BCUT2D eigenvalue weighted by atomic mass is 10.1. The smallest absolute Gasteiger partial charge is 0.261 e. The molecule has 0 aliphatic carbocycles. The molecular weight excluding hydrogens is 396 g/mol. The molecule has 0 bridgehead atoms. The molecule has 3 aromatic carbocycles. The summed E-state index contributed by atoms with van der Waals surface area (Å²) in [5, 5.41) is 3.26. The molecule has 0 aliphatic rings. The second-order valence-corrected chi connectivity index (χ2v) is 8.47. The molecule has 2 N–H and O–H groups in total. The van der Waals surface area contributed by atoms with Crippen molar-refractivity contribution in [2.24, 2.45) is 0 Å². The van der Waals surface area contributed by atoms with Crippen molar-refractivity contribution in [2.45, 2.75) is 18.2 Å². The Morgan fingerprint density at radius 1 is 0.929 bits per heavy atom. The van der Waals surface area contributed by atoms with Crippen LogP contribution in [0.3, 0.4) is 0 Å². The van der Waals surface area contributed by atoms with Crippen molar-refractivity contribution >= 4 is 38.9 Å². The van der Waals surface area contributed by atoms with Gasteiger partial charge in [-0.3, -0.25) is 9.52 Å². The van der Waals surface area contributed by atoms with E-state index < -0.39 is 10.0 Å². The molecule has 3 aromatic rings. The van der Waals surface area contributed by atoms with Crippen LogP contribution in [0.1, 0.15) is 11.1 Å². The Balaban J connectivity index is 1.71. The Morgan fingerprint density at radius 3 is 2.29 bits per heavy atom. The minimum atomic E-state index is -3.79. The second-order valence-electron chi connectivity index (χ2n) is 6.35. The van der Waals surface area contributed by atoms with Crippen LogP contribution in [0.25, 0.3) is 0 Å². The fourth-order valence-corrected chi connectivity index (χ4v) is 3.80. The van der Waals surface area contributed by atoms with E-state index in [9.17, 15) is 13.2 Å². The first-order valence-electron chi connectivity index (χ1n) is 8.56. The number of nitrogens with one attached hydrogen (secondary N) is 2. The van der Waals surface area contributed by atoms with E-state index in [0.29, 0.717) is 16.4 Å². The van der Waals surface area contributed by atoms with Gasteiger partial charge < -0.3 is 5.32 Å². The monoisotopic (exact) mass is 414 g/mol. The maximum Gasteiger partial charge on any atom is 0.261 e. The van der Waals surface area contributed by atoms with Crippen LogP contribution in [-0.4, -0.2) is 14.3 Å². The first-order chi connectivity index (χ1) is 13.3. The maximum absolute atomic E-state index is 12.6. The van der Waals surface area contributed by atoms with Crippen molar-refractivity contribution in [3.8, 4) is 0 Å². The number of aryl methyl sites for hydroxylation is 1. The first-order valence-corrected chi connectivity index (χ1v) is 10.4. The molecule has 28 heavy (non-hydrogen) atoms. The topological polar surface area (TPSA) is 75.3 Å². The lowest BCUT2D eigenvalue weighted by Crippen LogP contribution is -2.16. The van der Waals surface area contributed by atoms with Crippen LogP contribution < -0.4 is 10.0 Å². The van der Waals surface area contributed by atoms with Crippen LogP contribution in [0.4, 0.5) is 11.4 Å². The number of anilines is 2. The van der Waals surface area contributed by atoms with E-state index in [1.807, 2.05) is 31.2 Å². The molecule has 3 rings (SSSR count). The molecular formula is C21H19ClN2O3S. The highest BCUT2D eigenvalue weighted by molar-refractivity contribution is 7.92. The summed E-state index contributed by atoms with van der Waals surface area (Å²) < 4.78 is 27.7. The zero-order valence-corrected chi connectivity index (χ0v) is 16.7. The van der Waals surface area contributed by atoms with Gasteiger partial charge in [0.1, 0.15) is 0 Å². The third-order valence-corrected chi connectivity index (χ3v) is 5.64. The molecule has 7 heteroatoms. The number of carbonyl (C=O) groups excluding carboxylic acids is 1. The molecule has 0 saturated heterocycles. The summed E-state index contributed by atoms with van der Waals surface area (Å²) in [6, 6.07) is 20.1. The third kappa shape index (κ3) is 5.34. The Kier molecular flexibility index (Phi) is 6.02. The Bertz CT molecular complexity index is 1080. The van der Waals surface area contributed by atoms with Gasteiger partial charge in [-0.2, -0.15) is 0 Å². The van der Waals surface area contributed by atoms with Crippen LogP contribution >= 0.6 is 11.6 Å². The average molecular weight is 415 g/mol. The number of hydrogen-bond donors (Lipinski definition) is 2. The van der Waals surface area contributed by atoms with Gasteiger partial charge >= 0.3 is 0 Å². The van der Waals surface area contributed by atoms with Crippen LogP contribution in [0, 0.1) is 6.92 Å². The molecule has 1 amide bonds. The number of amides is 1. The van der Waals surface area contributed by atoms with Crippen molar-refractivity contribution in [3.63, 3.8) is 0 Å². The molecule has 0 unspecified atom stereocenters.